The first-order valence-electron chi connectivity index (χ1n) is 5.47. The van der Waals surface area contributed by atoms with Gasteiger partial charge in [0.25, 0.3) is 0 Å². The lowest BCUT2D eigenvalue weighted by Crippen LogP contribution is -1.94. The lowest BCUT2D eigenvalue weighted by molar-refractivity contribution is 1.10. The smallest absolute Gasteiger partial charge is 0.0723 e. The Bertz CT molecular complexity index is 530. The number of nitrogens with zero attached hydrogens (tertiary/aromatic N) is 2. The molecule has 2 nitrogen and oxygen atoms in total. The summed E-state index contributed by atoms with van der Waals surface area (Å²) in [7, 11) is 0. The predicted molar refractivity (Wildman–Crippen MR) is 66.4 cm³/mol. The fourth-order valence-corrected chi connectivity index (χ4v) is 1.74. The van der Waals surface area contributed by atoms with Crippen molar-refractivity contribution in [3.05, 3.63) is 46.9 Å². The van der Waals surface area contributed by atoms with Gasteiger partial charge in [0, 0.05) is 22.6 Å². The quantitative estimate of drug-likeness (QED) is 0.724. The molecule has 0 saturated heterocycles. The minimum absolute atomic E-state index is 1.01. The van der Waals surface area contributed by atoms with Crippen LogP contribution < -0.4 is 0 Å². The van der Waals surface area contributed by atoms with Crippen molar-refractivity contribution in [3.63, 3.8) is 0 Å². The van der Waals surface area contributed by atoms with Gasteiger partial charge in [0.2, 0.25) is 0 Å². The molecule has 16 heavy (non-hydrogen) atoms. The second kappa shape index (κ2) is 4.05. The molecule has 0 saturated carbocycles. The van der Waals surface area contributed by atoms with E-state index in [9.17, 15) is 0 Å². The Kier molecular flexibility index (Phi) is 2.73. The Balaban J connectivity index is 2.54. The molecular formula is C14H16N2. The highest BCUT2D eigenvalue weighted by Crippen LogP contribution is 2.21. The zero-order valence-corrected chi connectivity index (χ0v) is 10.2. The molecule has 0 N–H and O–H groups in total. The Hall–Kier alpha value is -1.70. The predicted octanol–water partition coefficient (Wildman–Crippen LogP) is 3.38. The fraction of sp³-hybridized carbons (Fsp3) is 0.286. The monoisotopic (exact) mass is 212 g/mol. The van der Waals surface area contributed by atoms with E-state index in [1.54, 1.807) is 0 Å². The molecule has 2 aromatic heterocycles. The van der Waals surface area contributed by atoms with E-state index in [0.717, 1.165) is 28.3 Å². The van der Waals surface area contributed by atoms with Crippen molar-refractivity contribution < 1.29 is 0 Å². The Morgan fingerprint density at radius 1 is 0.750 bits per heavy atom. The van der Waals surface area contributed by atoms with E-state index in [4.69, 9.17) is 0 Å². The molecule has 0 fully saturated rings. The molecule has 0 spiro atoms. The van der Waals surface area contributed by atoms with Crippen molar-refractivity contribution in [3.8, 4) is 11.3 Å². The maximum Gasteiger partial charge on any atom is 0.0723 e. The number of hydrogen-bond donors (Lipinski definition) is 0. The van der Waals surface area contributed by atoms with Gasteiger partial charge in [-0.3, -0.25) is 9.97 Å². The molecule has 0 aromatic carbocycles. The minimum Gasteiger partial charge on any atom is -0.258 e. The first-order valence-corrected chi connectivity index (χ1v) is 5.47. The van der Waals surface area contributed by atoms with Crippen molar-refractivity contribution in [1.29, 1.82) is 0 Å². The number of hydrogen-bond acceptors (Lipinski definition) is 2. The van der Waals surface area contributed by atoms with Gasteiger partial charge >= 0.3 is 0 Å². The van der Waals surface area contributed by atoms with Crippen LogP contribution in [0.5, 0.6) is 0 Å². The first-order chi connectivity index (χ1) is 7.58. The maximum atomic E-state index is 4.59. The summed E-state index contributed by atoms with van der Waals surface area (Å²) < 4.78 is 0. The number of rotatable bonds is 1. The molecule has 0 atom stereocenters. The lowest BCUT2D eigenvalue weighted by Gasteiger charge is -2.07. The Morgan fingerprint density at radius 2 is 1.50 bits per heavy atom. The van der Waals surface area contributed by atoms with Crippen molar-refractivity contribution in [2.75, 3.05) is 0 Å². The molecule has 0 unspecified atom stereocenters. The summed E-state index contributed by atoms with van der Waals surface area (Å²) in [5.74, 6) is 0. The minimum atomic E-state index is 1.01. The SMILES string of the molecule is Cc1ccc(-c2ccc(C)c(C)n2)c(C)n1. The highest BCUT2D eigenvalue weighted by atomic mass is 14.7. The van der Waals surface area contributed by atoms with Crippen LogP contribution >= 0.6 is 0 Å². The summed E-state index contributed by atoms with van der Waals surface area (Å²) in [4.78, 5) is 9.06. The number of aryl methyl sites for hydroxylation is 4. The molecular weight excluding hydrogens is 196 g/mol. The molecule has 0 bridgehead atoms. The molecule has 0 radical (unpaired) electrons. The van der Waals surface area contributed by atoms with E-state index >= 15 is 0 Å². The highest BCUT2D eigenvalue weighted by Gasteiger charge is 2.05. The van der Waals surface area contributed by atoms with E-state index in [2.05, 4.69) is 35.1 Å². The second-order valence-electron chi connectivity index (χ2n) is 4.18. The van der Waals surface area contributed by atoms with Crippen LogP contribution in [-0.4, -0.2) is 9.97 Å². The standard InChI is InChI=1S/C14H16N2/c1-9-5-8-14(16-11(9)3)13-7-6-10(2)15-12(13)4/h5-8H,1-4H3. The van der Waals surface area contributed by atoms with Crippen LogP contribution in [0.15, 0.2) is 24.3 Å². The summed E-state index contributed by atoms with van der Waals surface area (Å²) in [6.07, 6.45) is 0. The van der Waals surface area contributed by atoms with Gasteiger partial charge < -0.3 is 0 Å². The van der Waals surface area contributed by atoms with Gasteiger partial charge in [0.15, 0.2) is 0 Å². The Labute approximate surface area is 96.4 Å². The van der Waals surface area contributed by atoms with Crippen LogP contribution in [0.2, 0.25) is 0 Å². The number of pyridine rings is 2. The molecule has 2 heteroatoms. The van der Waals surface area contributed by atoms with E-state index in [1.807, 2.05) is 26.8 Å². The van der Waals surface area contributed by atoms with Crippen LogP contribution in [-0.2, 0) is 0 Å². The third-order valence-corrected chi connectivity index (χ3v) is 2.85. The fourth-order valence-electron chi connectivity index (χ4n) is 1.74. The van der Waals surface area contributed by atoms with Gasteiger partial charge in [-0.05, 0) is 51.5 Å². The van der Waals surface area contributed by atoms with Gasteiger partial charge in [-0.2, -0.15) is 0 Å². The molecule has 0 aliphatic rings. The average Bonchev–Trinajstić information content (AvgIpc) is 2.22. The van der Waals surface area contributed by atoms with Crippen molar-refractivity contribution in [1.82, 2.24) is 9.97 Å². The summed E-state index contributed by atoms with van der Waals surface area (Å²) in [6.45, 7) is 8.14. The zero-order chi connectivity index (χ0) is 11.7. The van der Waals surface area contributed by atoms with E-state index in [-0.39, 0.29) is 0 Å². The first kappa shape index (κ1) is 10.8. The Morgan fingerprint density at radius 3 is 2.12 bits per heavy atom. The van der Waals surface area contributed by atoms with Crippen molar-refractivity contribution in [2.45, 2.75) is 27.7 Å². The van der Waals surface area contributed by atoms with Gasteiger partial charge in [-0.1, -0.05) is 6.07 Å². The van der Waals surface area contributed by atoms with Crippen LogP contribution in [0.1, 0.15) is 22.6 Å². The molecule has 82 valence electrons. The molecule has 0 amide bonds. The highest BCUT2D eigenvalue weighted by molar-refractivity contribution is 5.62. The normalized spacial score (nSPS) is 10.5. The summed E-state index contributed by atoms with van der Waals surface area (Å²) in [5, 5.41) is 0. The largest absolute Gasteiger partial charge is 0.258 e. The van der Waals surface area contributed by atoms with E-state index < -0.39 is 0 Å². The maximum absolute atomic E-state index is 4.59. The van der Waals surface area contributed by atoms with Crippen LogP contribution in [0, 0.1) is 27.7 Å². The molecule has 2 aromatic rings. The molecule has 2 heterocycles. The summed E-state index contributed by atoms with van der Waals surface area (Å²) in [5.41, 5.74) is 6.52. The molecule has 0 aliphatic heterocycles. The van der Waals surface area contributed by atoms with Gasteiger partial charge in [0.05, 0.1) is 5.69 Å². The third-order valence-electron chi connectivity index (χ3n) is 2.85. The van der Waals surface area contributed by atoms with Crippen LogP contribution in [0.3, 0.4) is 0 Å². The van der Waals surface area contributed by atoms with Crippen LogP contribution in [0.4, 0.5) is 0 Å². The van der Waals surface area contributed by atoms with Crippen molar-refractivity contribution in [2.24, 2.45) is 0 Å². The topological polar surface area (TPSA) is 25.8 Å². The molecule has 2 rings (SSSR count). The van der Waals surface area contributed by atoms with Crippen LogP contribution in [0.25, 0.3) is 11.3 Å². The van der Waals surface area contributed by atoms with E-state index in [1.165, 1.54) is 5.56 Å². The summed E-state index contributed by atoms with van der Waals surface area (Å²) >= 11 is 0. The van der Waals surface area contributed by atoms with Gasteiger partial charge in [-0.25, -0.2) is 0 Å². The molecule has 0 aliphatic carbocycles. The van der Waals surface area contributed by atoms with Gasteiger partial charge in [-0.15, -0.1) is 0 Å². The lowest BCUT2D eigenvalue weighted by atomic mass is 10.1. The third kappa shape index (κ3) is 1.96. The van der Waals surface area contributed by atoms with E-state index in [0.29, 0.717) is 0 Å². The second-order valence-corrected chi connectivity index (χ2v) is 4.18. The average molecular weight is 212 g/mol. The zero-order valence-electron chi connectivity index (χ0n) is 10.2. The van der Waals surface area contributed by atoms with Crippen molar-refractivity contribution >= 4 is 0 Å². The van der Waals surface area contributed by atoms with Gasteiger partial charge in [0.1, 0.15) is 0 Å². The summed E-state index contributed by atoms with van der Waals surface area (Å²) in [6, 6.07) is 8.28. The number of aromatic nitrogens is 2.